The van der Waals surface area contributed by atoms with Gasteiger partial charge in [-0.05, 0) is 30.7 Å². The summed E-state index contributed by atoms with van der Waals surface area (Å²) in [4.78, 5) is 11.5. The van der Waals surface area contributed by atoms with Crippen LogP contribution in [-0.4, -0.2) is 28.8 Å². The number of para-hydroxylation sites is 1. The van der Waals surface area contributed by atoms with E-state index in [1.165, 1.54) is 6.08 Å². The van der Waals surface area contributed by atoms with Crippen LogP contribution in [0.2, 0.25) is 0 Å². The Kier molecular flexibility index (Phi) is 6.51. The molecular weight excluding hydrogens is 230 g/mol. The van der Waals surface area contributed by atoms with Gasteiger partial charge < -0.3 is 15.5 Å². The molecule has 18 heavy (non-hydrogen) atoms. The molecule has 0 saturated heterocycles. The lowest BCUT2D eigenvalue weighted by molar-refractivity contribution is -0.116. The molecule has 3 N–H and O–H groups in total. The molecule has 1 aromatic carbocycles. The Hall–Kier alpha value is -1.87. The zero-order valence-corrected chi connectivity index (χ0v) is 10.0. The molecule has 0 aliphatic heterocycles. The van der Waals surface area contributed by atoms with Gasteiger partial charge in [0.25, 0.3) is 0 Å². The van der Waals surface area contributed by atoms with Crippen molar-refractivity contribution in [2.45, 2.75) is 18.9 Å². The third-order valence-electron chi connectivity index (χ3n) is 2.17. The van der Waals surface area contributed by atoms with Gasteiger partial charge in [0.15, 0.2) is 0 Å². The van der Waals surface area contributed by atoms with Gasteiger partial charge in [0.1, 0.15) is 6.10 Å². The second-order valence-corrected chi connectivity index (χ2v) is 3.74. The summed E-state index contributed by atoms with van der Waals surface area (Å²) in [5, 5.41) is 20.3. The van der Waals surface area contributed by atoms with Crippen LogP contribution in [0.25, 0.3) is 0 Å². The summed E-state index contributed by atoms with van der Waals surface area (Å²) in [5.74, 6) is -0.0676. The fraction of sp³-hybridized carbons (Fsp3) is 0.286. The third kappa shape index (κ3) is 6.01. The van der Waals surface area contributed by atoms with E-state index in [-0.39, 0.29) is 12.5 Å². The minimum atomic E-state index is -0.889. The third-order valence-corrected chi connectivity index (χ3v) is 2.17. The number of aliphatic hydroxyl groups excluding tert-OH is 2. The second kappa shape index (κ2) is 8.25. The van der Waals surface area contributed by atoms with Gasteiger partial charge in [-0.2, -0.15) is 0 Å². The van der Waals surface area contributed by atoms with E-state index in [0.717, 1.165) is 5.69 Å². The number of hydrogen-bond donors (Lipinski definition) is 3. The maximum Gasteiger partial charge on any atom is 0.224 e. The average Bonchev–Trinajstić information content (AvgIpc) is 2.39. The van der Waals surface area contributed by atoms with Gasteiger partial charge in [-0.15, -0.1) is 5.73 Å². The molecule has 0 heterocycles. The Balaban J connectivity index is 2.28. The predicted octanol–water partition coefficient (Wildman–Crippen LogP) is 1.47. The Morgan fingerprint density at radius 1 is 1.39 bits per heavy atom. The molecule has 4 nitrogen and oxygen atoms in total. The van der Waals surface area contributed by atoms with Gasteiger partial charge in [0.05, 0.1) is 6.61 Å². The maximum absolute atomic E-state index is 11.5. The molecule has 1 atom stereocenters. The molecule has 0 radical (unpaired) electrons. The lowest BCUT2D eigenvalue weighted by Gasteiger charge is -2.02. The summed E-state index contributed by atoms with van der Waals surface area (Å²) < 4.78 is 0. The molecule has 0 aromatic heterocycles. The zero-order chi connectivity index (χ0) is 13.2. The molecular formula is C14H17NO3. The van der Waals surface area contributed by atoms with E-state index in [1.807, 2.05) is 30.3 Å². The number of rotatable bonds is 6. The number of benzene rings is 1. The fourth-order valence-corrected chi connectivity index (χ4v) is 1.26. The standard InChI is InChI=1S/C14H17NO3/c16-11-13(17)9-5-2-6-10-14(18)15-12-7-3-1-4-8-12/h1-4,7-9,13,16-17H,6,10-11H2,(H,15,18)/t5?,13-/m0/s1. The van der Waals surface area contributed by atoms with Crippen LogP contribution in [0.5, 0.6) is 0 Å². The smallest absolute Gasteiger partial charge is 0.224 e. The van der Waals surface area contributed by atoms with Crippen molar-refractivity contribution in [1.29, 1.82) is 0 Å². The van der Waals surface area contributed by atoms with Crippen molar-refractivity contribution >= 4 is 11.6 Å². The monoisotopic (exact) mass is 247 g/mol. The summed E-state index contributed by atoms with van der Waals surface area (Å²) in [6, 6.07) is 9.25. The minimum absolute atomic E-state index is 0.0676. The number of amides is 1. The number of carbonyl (C=O) groups excluding carboxylic acids is 1. The van der Waals surface area contributed by atoms with Crippen LogP contribution in [0.1, 0.15) is 12.8 Å². The normalized spacial score (nSPS) is 11.2. The zero-order valence-electron chi connectivity index (χ0n) is 10.0. The first-order chi connectivity index (χ1) is 8.72. The SMILES string of the molecule is O=C(CCC=C=C[C@H](O)CO)Nc1ccccc1. The first-order valence-electron chi connectivity index (χ1n) is 5.77. The lowest BCUT2D eigenvalue weighted by atomic mass is 10.2. The molecule has 0 bridgehead atoms. The summed E-state index contributed by atoms with van der Waals surface area (Å²) in [7, 11) is 0. The molecule has 4 heteroatoms. The van der Waals surface area contributed by atoms with E-state index in [9.17, 15) is 4.79 Å². The minimum Gasteiger partial charge on any atom is -0.393 e. The van der Waals surface area contributed by atoms with Crippen molar-refractivity contribution in [1.82, 2.24) is 0 Å². The van der Waals surface area contributed by atoms with Gasteiger partial charge in [-0.1, -0.05) is 18.2 Å². The van der Waals surface area contributed by atoms with Gasteiger partial charge in [-0.3, -0.25) is 4.79 Å². The topological polar surface area (TPSA) is 69.6 Å². The first-order valence-corrected chi connectivity index (χ1v) is 5.77. The summed E-state index contributed by atoms with van der Waals surface area (Å²) in [6.45, 7) is -0.324. The molecule has 0 aliphatic carbocycles. The molecule has 0 fully saturated rings. The second-order valence-electron chi connectivity index (χ2n) is 3.74. The molecule has 1 aromatic rings. The van der Waals surface area contributed by atoms with Crippen LogP contribution in [0.3, 0.4) is 0 Å². The largest absolute Gasteiger partial charge is 0.393 e. The van der Waals surface area contributed by atoms with Crippen molar-refractivity contribution < 1.29 is 15.0 Å². The van der Waals surface area contributed by atoms with E-state index in [1.54, 1.807) is 6.08 Å². The molecule has 1 rings (SSSR count). The maximum atomic E-state index is 11.5. The Morgan fingerprint density at radius 2 is 2.11 bits per heavy atom. The number of anilines is 1. The van der Waals surface area contributed by atoms with E-state index < -0.39 is 6.10 Å². The number of aliphatic hydroxyl groups is 2. The van der Waals surface area contributed by atoms with Crippen LogP contribution in [0.4, 0.5) is 5.69 Å². The molecule has 0 saturated carbocycles. The summed E-state index contributed by atoms with van der Waals surface area (Å²) in [6.07, 6.45) is 3.01. The highest BCUT2D eigenvalue weighted by Gasteiger charge is 1.99. The van der Waals surface area contributed by atoms with Crippen LogP contribution < -0.4 is 5.32 Å². The summed E-state index contributed by atoms with van der Waals surface area (Å²) in [5.41, 5.74) is 3.49. The molecule has 1 amide bonds. The van der Waals surface area contributed by atoms with E-state index >= 15 is 0 Å². The highest BCUT2D eigenvalue weighted by molar-refractivity contribution is 5.90. The van der Waals surface area contributed by atoms with Gasteiger partial charge in [0, 0.05) is 12.1 Å². The van der Waals surface area contributed by atoms with Crippen molar-refractivity contribution in [2.75, 3.05) is 11.9 Å². The van der Waals surface area contributed by atoms with E-state index in [2.05, 4.69) is 11.0 Å². The van der Waals surface area contributed by atoms with E-state index in [0.29, 0.717) is 12.8 Å². The predicted molar refractivity (Wildman–Crippen MR) is 70.1 cm³/mol. The highest BCUT2D eigenvalue weighted by atomic mass is 16.3. The molecule has 0 unspecified atom stereocenters. The Bertz CT molecular complexity index is 422. The molecule has 0 spiro atoms. The van der Waals surface area contributed by atoms with Crippen LogP contribution in [0.15, 0.2) is 48.2 Å². The first kappa shape index (κ1) is 14.2. The van der Waals surface area contributed by atoms with Gasteiger partial charge in [0.2, 0.25) is 5.91 Å². The lowest BCUT2D eigenvalue weighted by Crippen LogP contribution is -2.10. The Labute approximate surface area is 106 Å². The molecule has 96 valence electrons. The van der Waals surface area contributed by atoms with Crippen molar-refractivity contribution in [3.05, 3.63) is 48.2 Å². The van der Waals surface area contributed by atoms with Gasteiger partial charge in [-0.25, -0.2) is 0 Å². The quantitative estimate of drug-likeness (QED) is 0.667. The van der Waals surface area contributed by atoms with Gasteiger partial charge >= 0.3 is 0 Å². The summed E-state index contributed by atoms with van der Waals surface area (Å²) >= 11 is 0. The van der Waals surface area contributed by atoms with Crippen molar-refractivity contribution in [3.8, 4) is 0 Å². The molecule has 0 aliphatic rings. The van der Waals surface area contributed by atoms with Crippen LogP contribution >= 0.6 is 0 Å². The highest BCUT2D eigenvalue weighted by Crippen LogP contribution is 2.06. The van der Waals surface area contributed by atoms with E-state index in [4.69, 9.17) is 10.2 Å². The van der Waals surface area contributed by atoms with Crippen LogP contribution in [-0.2, 0) is 4.79 Å². The number of nitrogens with one attached hydrogen (secondary N) is 1. The average molecular weight is 247 g/mol. The fourth-order valence-electron chi connectivity index (χ4n) is 1.26. The number of hydrogen-bond acceptors (Lipinski definition) is 3. The van der Waals surface area contributed by atoms with Crippen molar-refractivity contribution in [3.63, 3.8) is 0 Å². The number of carbonyl (C=O) groups is 1. The Morgan fingerprint density at radius 3 is 2.78 bits per heavy atom. The van der Waals surface area contributed by atoms with Crippen molar-refractivity contribution in [2.24, 2.45) is 0 Å². The van der Waals surface area contributed by atoms with Crippen LogP contribution in [0, 0.1) is 0 Å².